The molecule has 12 nitrogen and oxygen atoms in total. The minimum atomic E-state index is -1.15. The van der Waals surface area contributed by atoms with Crippen molar-refractivity contribution in [2.24, 2.45) is 23.5 Å². The van der Waals surface area contributed by atoms with Crippen LogP contribution >= 0.6 is 0 Å². The summed E-state index contributed by atoms with van der Waals surface area (Å²) in [6.07, 6.45) is 4.47. The van der Waals surface area contributed by atoms with Gasteiger partial charge in [-0.1, -0.05) is 70.4 Å². The topological polar surface area (TPSA) is 164 Å². The van der Waals surface area contributed by atoms with Crippen LogP contribution in [-0.2, 0) is 28.7 Å². The lowest BCUT2D eigenvalue weighted by molar-refractivity contribution is -0.148. The molecule has 3 rings (SSSR count). The van der Waals surface area contributed by atoms with E-state index in [1.165, 1.54) is 0 Å². The van der Waals surface area contributed by atoms with Gasteiger partial charge < -0.3 is 40.7 Å². The number of carbonyl (C=O) groups is 4. The zero-order valence-corrected chi connectivity index (χ0v) is 32.4. The quantitative estimate of drug-likeness (QED) is 0.190. The molecular weight excluding hydrogens is 650 g/mol. The highest BCUT2D eigenvalue weighted by Gasteiger charge is 2.44. The maximum absolute atomic E-state index is 14.2. The van der Waals surface area contributed by atoms with Gasteiger partial charge >= 0.3 is 0 Å². The van der Waals surface area contributed by atoms with Gasteiger partial charge in [0.15, 0.2) is 0 Å². The van der Waals surface area contributed by atoms with E-state index in [0.29, 0.717) is 18.5 Å². The minimum Gasteiger partial charge on any atom is -0.386 e. The average Bonchev–Trinajstić information content (AvgIpc) is 3.59. The predicted octanol–water partition coefficient (Wildman–Crippen LogP) is 3.56. The highest BCUT2D eigenvalue weighted by Crippen LogP contribution is 2.34. The van der Waals surface area contributed by atoms with Crippen molar-refractivity contribution >= 4 is 23.6 Å². The van der Waals surface area contributed by atoms with E-state index in [9.17, 15) is 24.3 Å². The van der Waals surface area contributed by atoms with Crippen LogP contribution in [0.4, 0.5) is 0 Å². The molecule has 1 aromatic carbocycles. The summed E-state index contributed by atoms with van der Waals surface area (Å²) in [7, 11) is 4.90. The van der Waals surface area contributed by atoms with E-state index in [4.69, 9.17) is 15.2 Å². The first-order valence-electron chi connectivity index (χ1n) is 18.8. The van der Waals surface area contributed by atoms with Crippen LogP contribution in [-0.4, -0.2) is 108 Å². The molecule has 288 valence electrons. The van der Waals surface area contributed by atoms with E-state index in [1.54, 1.807) is 53.9 Å². The van der Waals surface area contributed by atoms with Crippen molar-refractivity contribution in [2.45, 2.75) is 141 Å². The van der Waals surface area contributed by atoms with Gasteiger partial charge in [0.2, 0.25) is 23.6 Å². The summed E-state index contributed by atoms with van der Waals surface area (Å²) in [4.78, 5) is 58.2. The average molecular weight is 716 g/mol. The highest BCUT2D eigenvalue weighted by molar-refractivity contribution is 5.91. The van der Waals surface area contributed by atoms with Crippen molar-refractivity contribution in [2.75, 3.05) is 27.8 Å². The predicted molar refractivity (Wildman–Crippen MR) is 197 cm³/mol. The molecule has 1 saturated carbocycles. The fraction of sp³-hybridized carbons (Fsp3) is 0.744. The molecule has 1 aliphatic heterocycles. The van der Waals surface area contributed by atoms with Gasteiger partial charge in [-0.15, -0.1) is 0 Å². The fourth-order valence-corrected chi connectivity index (χ4v) is 7.85. The number of nitrogens with zero attached hydrogens (tertiary/aromatic N) is 2. The summed E-state index contributed by atoms with van der Waals surface area (Å²) in [5.74, 6) is -1.70. The molecule has 0 unspecified atom stereocenters. The van der Waals surface area contributed by atoms with Gasteiger partial charge in [0.05, 0.1) is 54.3 Å². The number of aliphatic hydroxyl groups excluding tert-OH is 1. The molecule has 2 aliphatic rings. The summed E-state index contributed by atoms with van der Waals surface area (Å²) in [6.45, 7) is 11.1. The number of benzene rings is 1. The Bertz CT molecular complexity index is 1280. The highest BCUT2D eigenvalue weighted by atomic mass is 16.5. The summed E-state index contributed by atoms with van der Waals surface area (Å²) in [5, 5.41) is 16.7. The van der Waals surface area contributed by atoms with E-state index in [2.05, 4.69) is 10.6 Å². The van der Waals surface area contributed by atoms with Crippen molar-refractivity contribution in [1.82, 2.24) is 20.4 Å². The van der Waals surface area contributed by atoms with Crippen LogP contribution in [0.2, 0.25) is 0 Å². The molecule has 0 aromatic heterocycles. The van der Waals surface area contributed by atoms with Gasteiger partial charge in [-0.05, 0) is 63.9 Å². The molecule has 0 radical (unpaired) electrons. The standard InChI is InChI=1S/C39H65N5O7/c1-24(2)32(42-38(49)39(5,6)40)37(48)43(7)33(27-17-12-10-13-18-27)30(50-8)23-31(45)44-22-16-21-29(44)35(51-9)25(3)36(47)41-26(4)34(46)28-19-14-11-15-20-28/h11,14-15,19-20,24-27,29-30,32-35,46H,10,12-13,16-18,21-23,40H2,1-9H3,(H,41,47)(H,42,49)/t25-,26-,29+,30-,32+,33+,34-,35-/m1/s1. The summed E-state index contributed by atoms with van der Waals surface area (Å²) in [6, 6.07) is 7.14. The second-order valence-corrected chi connectivity index (χ2v) is 15.7. The normalized spacial score (nSPS) is 21.3. The van der Waals surface area contributed by atoms with Crippen molar-refractivity contribution in [3.63, 3.8) is 0 Å². The third kappa shape index (κ3) is 11.0. The van der Waals surface area contributed by atoms with Crippen LogP contribution in [0.1, 0.15) is 105 Å². The summed E-state index contributed by atoms with van der Waals surface area (Å²) >= 11 is 0. The van der Waals surface area contributed by atoms with Gasteiger partial charge in [-0.3, -0.25) is 19.2 Å². The van der Waals surface area contributed by atoms with Crippen LogP contribution in [0.3, 0.4) is 0 Å². The van der Waals surface area contributed by atoms with E-state index in [0.717, 1.165) is 38.5 Å². The minimum absolute atomic E-state index is 0.0532. The second-order valence-electron chi connectivity index (χ2n) is 15.7. The van der Waals surface area contributed by atoms with E-state index < -0.39 is 53.8 Å². The number of amides is 4. The zero-order chi connectivity index (χ0) is 38.0. The molecule has 8 atom stereocenters. The van der Waals surface area contributed by atoms with Gasteiger partial charge in [0.1, 0.15) is 6.04 Å². The maximum atomic E-state index is 14.2. The Morgan fingerprint density at radius 3 is 2.14 bits per heavy atom. The number of rotatable bonds is 17. The van der Waals surface area contributed by atoms with Crippen LogP contribution in [0.25, 0.3) is 0 Å². The fourth-order valence-electron chi connectivity index (χ4n) is 7.85. The van der Waals surface area contributed by atoms with Crippen molar-refractivity contribution in [3.8, 4) is 0 Å². The van der Waals surface area contributed by atoms with Crippen LogP contribution in [0.5, 0.6) is 0 Å². The Balaban J connectivity index is 1.79. The third-order valence-electron chi connectivity index (χ3n) is 11.0. The molecule has 51 heavy (non-hydrogen) atoms. The smallest absolute Gasteiger partial charge is 0.245 e. The molecule has 5 N–H and O–H groups in total. The lowest BCUT2D eigenvalue weighted by Crippen LogP contribution is -2.61. The van der Waals surface area contributed by atoms with Gasteiger partial charge in [0, 0.05) is 27.8 Å². The first-order valence-corrected chi connectivity index (χ1v) is 18.8. The molecule has 1 heterocycles. The molecule has 0 spiro atoms. The molecular formula is C39H65N5O7. The Kier molecular flexibility index (Phi) is 15.9. The molecule has 4 amide bonds. The number of methoxy groups -OCH3 is 2. The lowest BCUT2D eigenvalue weighted by Gasteiger charge is -2.43. The summed E-state index contributed by atoms with van der Waals surface area (Å²) < 4.78 is 12.0. The first-order chi connectivity index (χ1) is 24.0. The number of hydrogen-bond acceptors (Lipinski definition) is 8. The molecule has 1 aliphatic carbocycles. The Labute approximate surface area is 305 Å². The summed E-state index contributed by atoms with van der Waals surface area (Å²) in [5.41, 5.74) is 5.62. The number of nitrogens with two attached hydrogens (primary N) is 1. The lowest BCUT2D eigenvalue weighted by atomic mass is 9.80. The first kappa shape index (κ1) is 42.4. The number of nitrogens with one attached hydrogen (secondary N) is 2. The Morgan fingerprint density at radius 1 is 0.961 bits per heavy atom. The number of aliphatic hydroxyl groups is 1. The van der Waals surface area contributed by atoms with Crippen LogP contribution < -0.4 is 16.4 Å². The second kappa shape index (κ2) is 19.1. The largest absolute Gasteiger partial charge is 0.386 e. The Hall–Kier alpha value is -3.06. The number of hydrogen-bond donors (Lipinski definition) is 4. The molecule has 1 saturated heterocycles. The Morgan fingerprint density at radius 2 is 1.59 bits per heavy atom. The molecule has 2 fully saturated rings. The van der Waals surface area contributed by atoms with Crippen LogP contribution in [0.15, 0.2) is 30.3 Å². The number of likely N-dealkylation sites (tertiary alicyclic amines) is 1. The molecule has 12 heteroatoms. The molecule has 1 aromatic rings. The monoisotopic (exact) mass is 715 g/mol. The van der Waals surface area contributed by atoms with Crippen molar-refractivity contribution in [1.29, 1.82) is 0 Å². The van der Waals surface area contributed by atoms with Gasteiger partial charge in [-0.2, -0.15) is 0 Å². The van der Waals surface area contributed by atoms with Crippen LogP contribution in [0, 0.1) is 17.8 Å². The SMILES string of the molecule is CO[C@H]([C@@H](C)C(=O)N[C@H](C)[C@@H](O)c1ccccc1)[C@@H]1CCCN1C(=O)C[C@@H](OC)[C@H](C1CCCCC1)N(C)C(=O)[C@@H](NC(=O)C(C)(C)N)C(C)C. The van der Waals surface area contributed by atoms with Crippen molar-refractivity contribution < 1.29 is 33.8 Å². The van der Waals surface area contributed by atoms with Crippen molar-refractivity contribution in [3.05, 3.63) is 35.9 Å². The number of carbonyl (C=O) groups excluding carboxylic acids is 4. The van der Waals surface area contributed by atoms with E-state index >= 15 is 0 Å². The third-order valence-corrected chi connectivity index (χ3v) is 11.0. The maximum Gasteiger partial charge on any atom is 0.245 e. The van der Waals surface area contributed by atoms with E-state index in [-0.39, 0.29) is 42.0 Å². The zero-order valence-electron chi connectivity index (χ0n) is 32.4. The number of ether oxygens (including phenoxy) is 2. The van der Waals surface area contributed by atoms with Gasteiger partial charge in [0.25, 0.3) is 0 Å². The number of likely N-dealkylation sites (N-methyl/N-ethyl adjacent to an activating group) is 1. The van der Waals surface area contributed by atoms with E-state index in [1.807, 2.05) is 49.1 Å². The van der Waals surface area contributed by atoms with Gasteiger partial charge in [-0.25, -0.2) is 0 Å². The molecule has 0 bridgehead atoms.